The Balaban J connectivity index is 1.55. The largest absolute Gasteiger partial charge is 0.460 e. The molecule has 1 N–H and O–H groups in total. The highest BCUT2D eigenvalue weighted by Crippen LogP contribution is 2.41. The van der Waals surface area contributed by atoms with E-state index in [1.165, 1.54) is 17.3 Å². The van der Waals surface area contributed by atoms with Gasteiger partial charge in [0, 0.05) is 0 Å². The molecule has 1 fully saturated rings. The normalized spacial score (nSPS) is 15.9. The maximum Gasteiger partial charge on any atom is 0.325 e. The first-order chi connectivity index (χ1) is 14.3. The van der Waals surface area contributed by atoms with E-state index in [0.717, 1.165) is 22.3 Å². The fourth-order valence-corrected chi connectivity index (χ4v) is 4.99. The second-order valence-corrected chi connectivity index (χ2v) is 8.49. The quantitative estimate of drug-likeness (QED) is 0.689. The van der Waals surface area contributed by atoms with Gasteiger partial charge in [-0.1, -0.05) is 48.0 Å². The van der Waals surface area contributed by atoms with Crippen molar-refractivity contribution in [3.8, 4) is 0 Å². The highest BCUT2D eigenvalue weighted by atomic mass is 32.2. The van der Waals surface area contributed by atoms with E-state index in [0.29, 0.717) is 5.75 Å². The van der Waals surface area contributed by atoms with Crippen molar-refractivity contribution in [3.63, 3.8) is 0 Å². The molecule has 0 spiro atoms. The number of hydrogen-bond donors (Lipinski definition) is 1. The van der Waals surface area contributed by atoms with Crippen LogP contribution in [0.25, 0.3) is 0 Å². The number of aryl methyl sites for hydroxylation is 3. The van der Waals surface area contributed by atoms with Gasteiger partial charge in [0.1, 0.15) is 25.1 Å². The smallest absolute Gasteiger partial charge is 0.325 e. The Labute approximate surface area is 181 Å². The summed E-state index contributed by atoms with van der Waals surface area (Å²) in [5.41, 5.74) is 5.33. The summed E-state index contributed by atoms with van der Waals surface area (Å²) in [6, 6.07) is 13.5. The molecule has 1 aliphatic heterocycles. The summed E-state index contributed by atoms with van der Waals surface area (Å²) in [5.74, 6) is -0.638. The molecule has 2 aromatic carbocycles. The molecule has 1 aliphatic rings. The number of amides is 2. The van der Waals surface area contributed by atoms with E-state index in [2.05, 4.69) is 17.4 Å². The Morgan fingerprint density at radius 3 is 2.47 bits per heavy atom. The lowest BCUT2D eigenvalue weighted by Crippen LogP contribution is -2.41. The lowest BCUT2D eigenvalue weighted by Gasteiger charge is -2.26. The average Bonchev–Trinajstić information content (AvgIpc) is 3.05. The van der Waals surface area contributed by atoms with E-state index in [4.69, 9.17) is 4.74 Å². The third kappa shape index (κ3) is 5.42. The first kappa shape index (κ1) is 21.9. The molecule has 0 saturated carbocycles. The van der Waals surface area contributed by atoms with Gasteiger partial charge >= 0.3 is 5.97 Å². The molecule has 1 saturated heterocycles. The minimum absolute atomic E-state index is 0.0776. The van der Waals surface area contributed by atoms with Gasteiger partial charge in [-0.3, -0.25) is 14.4 Å². The molecule has 158 valence electrons. The Morgan fingerprint density at radius 2 is 1.80 bits per heavy atom. The van der Waals surface area contributed by atoms with Crippen LogP contribution < -0.4 is 5.32 Å². The molecule has 0 radical (unpaired) electrons. The monoisotopic (exact) mass is 426 g/mol. The van der Waals surface area contributed by atoms with Gasteiger partial charge in [0.15, 0.2) is 0 Å². The van der Waals surface area contributed by atoms with Crippen molar-refractivity contribution in [3.05, 3.63) is 70.3 Å². The SMILES string of the molecule is Cc1cc(C)c(C2SCC(=O)N2CC(=O)NCC(=O)OCc2ccccc2)c(C)c1. The third-order valence-electron chi connectivity index (χ3n) is 4.94. The number of nitrogens with zero attached hydrogens (tertiary/aromatic N) is 1. The van der Waals surface area contributed by atoms with E-state index in [9.17, 15) is 14.4 Å². The number of esters is 1. The van der Waals surface area contributed by atoms with Crippen LogP contribution in [0.4, 0.5) is 0 Å². The van der Waals surface area contributed by atoms with Crippen molar-refractivity contribution in [1.82, 2.24) is 10.2 Å². The van der Waals surface area contributed by atoms with E-state index >= 15 is 0 Å². The molecule has 0 bridgehead atoms. The predicted molar refractivity (Wildman–Crippen MR) is 117 cm³/mol. The van der Waals surface area contributed by atoms with Gasteiger partial charge in [0.05, 0.1) is 5.75 Å². The summed E-state index contributed by atoms with van der Waals surface area (Å²) < 4.78 is 5.16. The number of thioether (sulfide) groups is 1. The summed E-state index contributed by atoms with van der Waals surface area (Å²) in [5, 5.41) is 2.36. The first-order valence-electron chi connectivity index (χ1n) is 9.80. The van der Waals surface area contributed by atoms with Crippen molar-refractivity contribution in [2.45, 2.75) is 32.8 Å². The fourth-order valence-electron chi connectivity index (χ4n) is 3.62. The Bertz CT molecular complexity index is 922. The lowest BCUT2D eigenvalue weighted by atomic mass is 9.99. The summed E-state index contributed by atoms with van der Waals surface area (Å²) in [6.45, 7) is 5.94. The average molecular weight is 427 g/mol. The Morgan fingerprint density at radius 1 is 1.13 bits per heavy atom. The van der Waals surface area contributed by atoms with Crippen molar-refractivity contribution in [2.75, 3.05) is 18.8 Å². The van der Waals surface area contributed by atoms with Gasteiger partial charge in [-0.15, -0.1) is 11.8 Å². The highest BCUT2D eigenvalue weighted by molar-refractivity contribution is 8.00. The number of rotatable bonds is 7. The van der Waals surface area contributed by atoms with Crippen molar-refractivity contribution >= 4 is 29.5 Å². The molecule has 7 heteroatoms. The van der Waals surface area contributed by atoms with E-state index < -0.39 is 5.97 Å². The van der Waals surface area contributed by atoms with Crippen LogP contribution in [-0.2, 0) is 25.7 Å². The van der Waals surface area contributed by atoms with Crippen LogP contribution in [0.15, 0.2) is 42.5 Å². The van der Waals surface area contributed by atoms with Gasteiger partial charge in [0.25, 0.3) is 0 Å². The second-order valence-electron chi connectivity index (χ2n) is 7.42. The maximum absolute atomic E-state index is 12.4. The first-order valence-corrected chi connectivity index (χ1v) is 10.8. The van der Waals surface area contributed by atoms with Crippen LogP contribution in [0.1, 0.15) is 33.2 Å². The van der Waals surface area contributed by atoms with Gasteiger partial charge in [-0.25, -0.2) is 0 Å². The lowest BCUT2D eigenvalue weighted by molar-refractivity contribution is -0.145. The van der Waals surface area contributed by atoms with Crippen LogP contribution >= 0.6 is 11.8 Å². The molecule has 30 heavy (non-hydrogen) atoms. The maximum atomic E-state index is 12.4. The number of nitrogens with one attached hydrogen (secondary N) is 1. The number of ether oxygens (including phenoxy) is 1. The highest BCUT2D eigenvalue weighted by Gasteiger charge is 2.35. The fraction of sp³-hybridized carbons (Fsp3) is 0.348. The topological polar surface area (TPSA) is 75.7 Å². The Kier molecular flexibility index (Phi) is 7.15. The minimum atomic E-state index is -0.517. The minimum Gasteiger partial charge on any atom is -0.460 e. The predicted octanol–water partition coefficient (Wildman–Crippen LogP) is 3.05. The van der Waals surface area contributed by atoms with E-state index in [-0.39, 0.29) is 36.9 Å². The molecule has 0 aliphatic carbocycles. The molecular formula is C23H26N2O4S. The summed E-state index contributed by atoms with van der Waals surface area (Å²) in [7, 11) is 0. The van der Waals surface area contributed by atoms with E-state index in [1.54, 1.807) is 4.90 Å². The van der Waals surface area contributed by atoms with Gasteiger partial charge in [-0.2, -0.15) is 0 Å². The molecule has 1 unspecified atom stereocenters. The van der Waals surface area contributed by atoms with Crippen LogP contribution in [0.3, 0.4) is 0 Å². The van der Waals surface area contributed by atoms with Crippen LogP contribution in [-0.4, -0.2) is 41.5 Å². The van der Waals surface area contributed by atoms with Gasteiger partial charge < -0.3 is 15.0 Å². The molecule has 0 aromatic heterocycles. The number of hydrogen-bond acceptors (Lipinski definition) is 5. The zero-order valence-corrected chi connectivity index (χ0v) is 18.3. The summed E-state index contributed by atoms with van der Waals surface area (Å²) in [6.07, 6.45) is 0. The molecule has 2 aromatic rings. The zero-order chi connectivity index (χ0) is 21.7. The second kappa shape index (κ2) is 9.80. The molecule has 1 heterocycles. The van der Waals surface area contributed by atoms with Gasteiger partial charge in [-0.05, 0) is 43.0 Å². The molecular weight excluding hydrogens is 400 g/mol. The van der Waals surface area contributed by atoms with Crippen LogP contribution in [0, 0.1) is 20.8 Å². The molecule has 6 nitrogen and oxygen atoms in total. The summed E-state index contributed by atoms with van der Waals surface area (Å²) >= 11 is 1.52. The number of carbonyl (C=O) groups is 3. The van der Waals surface area contributed by atoms with Gasteiger partial charge in [0.2, 0.25) is 11.8 Å². The number of carbonyl (C=O) groups excluding carboxylic acids is 3. The number of benzene rings is 2. The summed E-state index contributed by atoms with van der Waals surface area (Å²) in [4.78, 5) is 38.3. The van der Waals surface area contributed by atoms with Crippen LogP contribution in [0.5, 0.6) is 0 Å². The van der Waals surface area contributed by atoms with Crippen molar-refractivity contribution in [1.29, 1.82) is 0 Å². The molecule has 3 rings (SSSR count). The standard InChI is InChI=1S/C23H26N2O4S/c1-15-9-16(2)22(17(3)10-15)23-25(20(27)14-30-23)12-19(26)24-11-21(28)29-13-18-7-5-4-6-8-18/h4-10,23H,11-14H2,1-3H3,(H,24,26). The Hall–Kier alpha value is -2.80. The zero-order valence-electron chi connectivity index (χ0n) is 17.4. The van der Waals surface area contributed by atoms with Crippen molar-refractivity contribution in [2.24, 2.45) is 0 Å². The third-order valence-corrected chi connectivity index (χ3v) is 6.16. The van der Waals surface area contributed by atoms with Crippen molar-refractivity contribution < 1.29 is 19.1 Å². The molecule has 1 atom stereocenters. The van der Waals surface area contributed by atoms with Crippen LogP contribution in [0.2, 0.25) is 0 Å². The molecule has 2 amide bonds. The van der Waals surface area contributed by atoms with E-state index in [1.807, 2.05) is 51.1 Å².